The summed E-state index contributed by atoms with van der Waals surface area (Å²) in [7, 11) is -5.10. The zero-order chi connectivity index (χ0) is 29.1. The first kappa shape index (κ1) is 33.4. The number of allylic oxidation sites excluding steroid dienone is 5. The third kappa shape index (κ3) is 7.49. The molecule has 0 aromatic rings. The highest BCUT2D eigenvalue weighted by atomic mass is 28.5. The van der Waals surface area contributed by atoms with Gasteiger partial charge in [0.1, 0.15) is 0 Å². The van der Waals surface area contributed by atoms with Gasteiger partial charge < -0.3 is 18.1 Å². The van der Waals surface area contributed by atoms with Crippen molar-refractivity contribution in [2.24, 2.45) is 5.41 Å². The van der Waals surface area contributed by atoms with Crippen LogP contribution in [-0.2, 0) is 13.0 Å². The number of aliphatic hydroxyl groups is 1. The summed E-state index contributed by atoms with van der Waals surface area (Å²) in [5.41, 5.74) is 4.33. The van der Waals surface area contributed by atoms with E-state index in [4.69, 9.17) is 13.0 Å². The van der Waals surface area contributed by atoms with Crippen LogP contribution in [-0.4, -0.2) is 40.5 Å². The maximum atomic E-state index is 11.1. The minimum Gasteiger partial charge on any atom is -0.414 e. The van der Waals surface area contributed by atoms with Crippen LogP contribution < -0.4 is 0 Å². The predicted octanol–water partition coefficient (Wildman–Crippen LogP) is 9.28. The third-order valence-electron chi connectivity index (χ3n) is 8.76. The van der Waals surface area contributed by atoms with Crippen LogP contribution in [0.4, 0.5) is 0 Å². The van der Waals surface area contributed by atoms with Crippen molar-refractivity contribution in [1.82, 2.24) is 0 Å². The van der Waals surface area contributed by atoms with Crippen molar-refractivity contribution in [2.45, 2.75) is 143 Å². The van der Waals surface area contributed by atoms with E-state index in [0.717, 1.165) is 12.0 Å². The summed E-state index contributed by atoms with van der Waals surface area (Å²) >= 11 is 0. The molecule has 1 aliphatic heterocycles. The summed E-state index contributed by atoms with van der Waals surface area (Å²) in [6.07, 6.45) is 13.4. The van der Waals surface area contributed by atoms with Crippen LogP contribution in [0, 0.1) is 5.41 Å². The maximum absolute atomic E-state index is 11.1. The van der Waals surface area contributed by atoms with Crippen LogP contribution in [0.15, 0.2) is 47.1 Å². The van der Waals surface area contributed by atoms with Crippen LogP contribution in [0.1, 0.15) is 109 Å². The Balaban J connectivity index is 2.33. The van der Waals surface area contributed by atoms with Gasteiger partial charge in [0.15, 0.2) is 0 Å². The molecule has 0 bridgehead atoms. The fourth-order valence-corrected chi connectivity index (χ4v) is 17.4. The average molecular weight is 563 g/mol. The average Bonchev–Trinajstić information content (AvgIpc) is 2.98. The van der Waals surface area contributed by atoms with E-state index in [0.29, 0.717) is 28.8 Å². The topological polar surface area (TPSA) is 47.9 Å². The smallest absolute Gasteiger partial charge is 0.335 e. The summed E-state index contributed by atoms with van der Waals surface area (Å²) in [6, 6.07) is 0. The van der Waals surface area contributed by atoms with E-state index < -0.39 is 22.7 Å². The van der Waals surface area contributed by atoms with Gasteiger partial charge >= 0.3 is 17.1 Å². The van der Waals surface area contributed by atoms with Crippen molar-refractivity contribution in [2.75, 3.05) is 6.61 Å². The lowest BCUT2D eigenvalue weighted by atomic mass is 9.72. The fourth-order valence-electron chi connectivity index (χ4n) is 6.22. The lowest BCUT2D eigenvalue weighted by Crippen LogP contribution is -2.59. The molecule has 218 valence electrons. The Bertz CT molecular complexity index is 906. The van der Waals surface area contributed by atoms with Gasteiger partial charge in [-0.15, -0.1) is 0 Å². The van der Waals surface area contributed by atoms with Crippen LogP contribution in [0.3, 0.4) is 0 Å². The molecular formula is C32H58O4Si2. The molecule has 1 fully saturated rings. The first-order chi connectivity index (χ1) is 17.4. The quantitative estimate of drug-likeness (QED) is 0.225. The van der Waals surface area contributed by atoms with Crippen LogP contribution in [0.25, 0.3) is 0 Å². The summed E-state index contributed by atoms with van der Waals surface area (Å²) in [5, 5.41) is 11.1. The second-order valence-electron chi connectivity index (χ2n) is 13.8. The second kappa shape index (κ2) is 12.8. The Hall–Kier alpha value is -0.766. The molecule has 0 aromatic heterocycles. The summed E-state index contributed by atoms with van der Waals surface area (Å²) < 4.78 is 21.0. The molecule has 1 aliphatic carbocycles. The van der Waals surface area contributed by atoms with E-state index in [1.807, 2.05) is 25.2 Å². The number of hydrogen-bond acceptors (Lipinski definition) is 4. The second-order valence-corrected chi connectivity index (χ2v) is 22.7. The molecule has 1 saturated heterocycles. The minimum absolute atomic E-state index is 0.153. The van der Waals surface area contributed by atoms with Gasteiger partial charge in [0.2, 0.25) is 0 Å². The van der Waals surface area contributed by atoms with Gasteiger partial charge in [-0.3, -0.25) is 0 Å². The van der Waals surface area contributed by atoms with Crippen molar-refractivity contribution in [3.8, 4) is 0 Å². The summed E-state index contributed by atoms with van der Waals surface area (Å²) in [5.74, 6) is 0. The first-order valence-corrected chi connectivity index (χ1v) is 18.8. The Labute approximate surface area is 237 Å². The molecule has 4 nitrogen and oxygen atoms in total. The molecule has 0 spiro atoms. The van der Waals surface area contributed by atoms with Gasteiger partial charge in [0.05, 0.1) is 18.3 Å². The Morgan fingerprint density at radius 2 is 1.53 bits per heavy atom. The fraction of sp³-hybridized carbons (Fsp3) is 0.750. The van der Waals surface area contributed by atoms with Gasteiger partial charge in [0.25, 0.3) is 0 Å². The lowest BCUT2D eigenvalue weighted by molar-refractivity contribution is 0.143. The monoisotopic (exact) mass is 562 g/mol. The first-order valence-electron chi connectivity index (χ1n) is 14.9. The highest BCUT2D eigenvalue weighted by Crippen LogP contribution is 2.47. The Kier molecular flexibility index (Phi) is 11.3. The molecule has 0 aromatic carbocycles. The highest BCUT2D eigenvalue weighted by Gasteiger charge is 2.59. The third-order valence-corrected chi connectivity index (χ3v) is 19.0. The largest absolute Gasteiger partial charge is 0.414 e. The summed E-state index contributed by atoms with van der Waals surface area (Å²) in [6.45, 7) is 29.3. The molecule has 2 atom stereocenters. The van der Waals surface area contributed by atoms with E-state index in [1.54, 1.807) is 0 Å². The molecule has 2 aliphatic rings. The van der Waals surface area contributed by atoms with E-state index in [9.17, 15) is 5.11 Å². The van der Waals surface area contributed by atoms with Crippen molar-refractivity contribution >= 4 is 17.1 Å². The number of hydrogen-bond donors (Lipinski definition) is 1. The Morgan fingerprint density at radius 1 is 0.974 bits per heavy atom. The molecule has 1 N–H and O–H groups in total. The van der Waals surface area contributed by atoms with Crippen molar-refractivity contribution < 1.29 is 18.1 Å². The molecule has 0 radical (unpaired) electrons. The normalized spacial score (nSPS) is 26.3. The van der Waals surface area contributed by atoms with E-state index in [-0.39, 0.29) is 11.5 Å². The molecule has 0 amide bonds. The zero-order valence-electron chi connectivity index (χ0n) is 26.8. The van der Waals surface area contributed by atoms with E-state index >= 15 is 0 Å². The van der Waals surface area contributed by atoms with Crippen LogP contribution in [0.2, 0.25) is 22.2 Å². The molecule has 6 heteroatoms. The lowest BCUT2D eigenvalue weighted by Gasteiger charge is -2.45. The van der Waals surface area contributed by atoms with Crippen LogP contribution in [0.5, 0.6) is 0 Å². The molecule has 1 heterocycles. The van der Waals surface area contributed by atoms with Gasteiger partial charge in [-0.1, -0.05) is 93.0 Å². The number of rotatable bonds is 9. The van der Waals surface area contributed by atoms with Gasteiger partial charge in [-0.25, -0.2) is 0 Å². The van der Waals surface area contributed by atoms with E-state index in [1.165, 1.54) is 24.0 Å². The zero-order valence-corrected chi connectivity index (χ0v) is 28.8. The van der Waals surface area contributed by atoms with Crippen molar-refractivity contribution in [3.63, 3.8) is 0 Å². The maximum Gasteiger partial charge on any atom is 0.335 e. The molecule has 0 saturated carbocycles. The predicted molar refractivity (Wildman–Crippen MR) is 167 cm³/mol. The van der Waals surface area contributed by atoms with Crippen molar-refractivity contribution in [3.05, 3.63) is 47.1 Å². The van der Waals surface area contributed by atoms with Gasteiger partial charge in [-0.05, 0) is 90.9 Å². The molecule has 1 unspecified atom stereocenters. The van der Waals surface area contributed by atoms with E-state index in [2.05, 4.69) is 95.2 Å². The van der Waals surface area contributed by atoms with Gasteiger partial charge in [0, 0.05) is 0 Å². The standard InChI is InChI=1S/C32H58O4Si2/c1-23(2)37(24(3)4)34-22-30(35-38(36-37,25(5)6)26(7)8)28(10)17-15-20-32(13,33)21-18-29-27(9)16-14-19-31(29,11)12/h15,17-18,20-21,23-26,30,33H,14,16,19,22H2,1-13H3/b20-15+,21-18+,28-17+/t30-,32?/m0/s1. The molecular weight excluding hydrogens is 505 g/mol. The van der Waals surface area contributed by atoms with Gasteiger partial charge in [-0.2, -0.15) is 0 Å². The van der Waals surface area contributed by atoms with Crippen LogP contribution >= 0.6 is 0 Å². The molecule has 38 heavy (non-hydrogen) atoms. The SMILES string of the molecule is CC1=C(/C=C/C(C)(O)/C=C/C=C(\C)[C@@H]2CO[Si](C(C)C)(C(C)C)O[Si](C(C)C)(C(C)C)O2)C(C)(C)CCC1. The summed E-state index contributed by atoms with van der Waals surface area (Å²) in [4.78, 5) is 0. The van der Waals surface area contributed by atoms with Crippen molar-refractivity contribution in [1.29, 1.82) is 0 Å². The minimum atomic E-state index is -2.60. The Morgan fingerprint density at radius 3 is 2.03 bits per heavy atom. The molecule has 2 rings (SSSR count). The highest BCUT2D eigenvalue weighted by molar-refractivity contribution is 6.84.